The van der Waals surface area contributed by atoms with Gasteiger partial charge in [-0.2, -0.15) is 0 Å². The molecule has 0 bridgehead atoms. The summed E-state index contributed by atoms with van der Waals surface area (Å²) in [5, 5.41) is 8.72. The van der Waals surface area contributed by atoms with Gasteiger partial charge in [-0.05, 0) is 31.9 Å². The van der Waals surface area contributed by atoms with E-state index in [4.69, 9.17) is 5.21 Å². The van der Waals surface area contributed by atoms with E-state index in [-0.39, 0.29) is 11.6 Å². The van der Waals surface area contributed by atoms with Gasteiger partial charge < -0.3 is 4.57 Å². The lowest BCUT2D eigenvalue weighted by molar-refractivity contribution is 0.0704. The highest BCUT2D eigenvalue weighted by Gasteiger charge is 2.24. The molecule has 2 aromatic rings. The van der Waals surface area contributed by atoms with E-state index >= 15 is 0 Å². The fourth-order valence-electron chi connectivity index (χ4n) is 2.72. The number of hydroxylamine groups is 1. The second-order valence-corrected chi connectivity index (χ2v) is 5.30. The Bertz CT molecular complexity index is 795. The number of carbonyl (C=O) groups excluding carboxylic acids is 1. The zero-order valence-electron chi connectivity index (χ0n) is 11.8. The molecular weight excluding hydrogens is 270 g/mol. The van der Waals surface area contributed by atoms with Gasteiger partial charge in [0.2, 0.25) is 0 Å². The van der Waals surface area contributed by atoms with Crippen molar-refractivity contribution >= 4 is 5.91 Å². The van der Waals surface area contributed by atoms with Crippen molar-refractivity contribution in [1.29, 1.82) is 0 Å². The lowest BCUT2D eigenvalue weighted by Gasteiger charge is -2.27. The highest BCUT2D eigenvalue weighted by atomic mass is 16.5. The Morgan fingerprint density at radius 2 is 2.24 bits per heavy atom. The Morgan fingerprint density at radius 1 is 1.48 bits per heavy atom. The van der Waals surface area contributed by atoms with Crippen molar-refractivity contribution in [3.05, 3.63) is 51.4 Å². The van der Waals surface area contributed by atoms with Crippen LogP contribution in [0.2, 0.25) is 0 Å². The first-order valence-corrected chi connectivity index (χ1v) is 6.68. The molecule has 0 fully saturated rings. The zero-order valence-corrected chi connectivity index (χ0v) is 11.8. The molecule has 0 spiro atoms. The van der Waals surface area contributed by atoms with Gasteiger partial charge in [-0.25, -0.2) is 5.48 Å². The van der Waals surface area contributed by atoms with Gasteiger partial charge >= 0.3 is 0 Å². The first-order valence-electron chi connectivity index (χ1n) is 6.68. The first kappa shape index (κ1) is 13.5. The molecule has 0 unspecified atom stereocenters. The number of hydrogen-bond acceptors (Lipinski definition) is 4. The number of nitrogens with zero attached hydrogens (tertiary/aromatic N) is 2. The molecule has 0 saturated carbocycles. The second-order valence-electron chi connectivity index (χ2n) is 5.30. The van der Waals surface area contributed by atoms with Crippen molar-refractivity contribution in [3.8, 4) is 11.4 Å². The van der Waals surface area contributed by atoms with E-state index in [2.05, 4.69) is 4.98 Å². The largest absolute Gasteiger partial charge is 0.342 e. The molecule has 0 aromatic carbocycles. The van der Waals surface area contributed by atoms with Crippen LogP contribution in [0.4, 0.5) is 0 Å². The topological polar surface area (TPSA) is 84.2 Å². The number of hydrogen-bond donors (Lipinski definition) is 2. The Morgan fingerprint density at radius 3 is 2.95 bits per heavy atom. The highest BCUT2D eigenvalue weighted by molar-refractivity contribution is 5.93. The predicted molar refractivity (Wildman–Crippen MR) is 76.3 cm³/mol. The Labute approximate surface area is 121 Å². The summed E-state index contributed by atoms with van der Waals surface area (Å²) in [7, 11) is 0. The molecule has 0 saturated heterocycles. The molecule has 2 N–H and O–H groups in total. The SMILES string of the molecule is Cc1ccc2c(n1)-c1cc(=O)c(C(=O)NO)cn1[C@H](C)C2. The first-order chi connectivity index (χ1) is 10.0. The van der Waals surface area contributed by atoms with Gasteiger partial charge in [0.15, 0.2) is 5.43 Å². The monoisotopic (exact) mass is 285 g/mol. The molecule has 2 aromatic heterocycles. The van der Waals surface area contributed by atoms with Gasteiger partial charge in [-0.1, -0.05) is 6.07 Å². The Balaban J connectivity index is 2.27. The van der Waals surface area contributed by atoms with E-state index in [0.717, 1.165) is 23.4 Å². The maximum absolute atomic E-state index is 12.1. The fourth-order valence-corrected chi connectivity index (χ4v) is 2.72. The lowest BCUT2D eigenvalue weighted by Crippen LogP contribution is -2.29. The maximum atomic E-state index is 12.1. The number of pyridine rings is 2. The van der Waals surface area contributed by atoms with Gasteiger partial charge in [0.1, 0.15) is 5.56 Å². The minimum Gasteiger partial charge on any atom is -0.342 e. The number of aromatic nitrogens is 2. The average molecular weight is 285 g/mol. The van der Waals surface area contributed by atoms with E-state index in [1.807, 2.05) is 30.5 Å². The van der Waals surface area contributed by atoms with E-state index in [9.17, 15) is 9.59 Å². The summed E-state index contributed by atoms with van der Waals surface area (Å²) in [6, 6.07) is 5.48. The molecule has 6 heteroatoms. The summed E-state index contributed by atoms with van der Waals surface area (Å²) in [4.78, 5) is 28.1. The molecule has 1 atom stereocenters. The van der Waals surface area contributed by atoms with Crippen LogP contribution in [0.5, 0.6) is 0 Å². The zero-order chi connectivity index (χ0) is 15.1. The summed E-state index contributed by atoms with van der Waals surface area (Å²) in [5.41, 5.74) is 4.43. The standard InChI is InChI=1S/C15H15N3O3/c1-8-3-4-10-5-9(2)18-7-11(15(20)17-21)13(19)6-12(18)14(10)16-8/h3-4,6-7,9,21H,5H2,1-2H3,(H,17,20)/t9-/m1/s1. The molecule has 108 valence electrons. The third-order valence-corrected chi connectivity index (χ3v) is 3.78. The van der Waals surface area contributed by atoms with Crippen molar-refractivity contribution < 1.29 is 10.0 Å². The minimum atomic E-state index is -0.800. The summed E-state index contributed by atoms with van der Waals surface area (Å²) in [5.74, 6) is -0.800. The molecule has 0 radical (unpaired) electrons. The second kappa shape index (κ2) is 4.82. The third kappa shape index (κ3) is 2.13. The molecule has 0 aliphatic carbocycles. The number of amides is 1. The molecule has 1 amide bonds. The van der Waals surface area contributed by atoms with Crippen molar-refractivity contribution in [2.75, 3.05) is 0 Å². The van der Waals surface area contributed by atoms with Gasteiger partial charge in [-0.15, -0.1) is 0 Å². The average Bonchev–Trinajstić information content (AvgIpc) is 2.47. The van der Waals surface area contributed by atoms with Crippen molar-refractivity contribution in [3.63, 3.8) is 0 Å². The van der Waals surface area contributed by atoms with Crippen LogP contribution < -0.4 is 10.9 Å². The summed E-state index contributed by atoms with van der Waals surface area (Å²) in [6.07, 6.45) is 2.26. The summed E-state index contributed by atoms with van der Waals surface area (Å²) < 4.78 is 1.86. The smallest absolute Gasteiger partial charge is 0.280 e. The van der Waals surface area contributed by atoms with Gasteiger partial charge in [0, 0.05) is 24.0 Å². The van der Waals surface area contributed by atoms with E-state index in [1.54, 1.807) is 0 Å². The number of aryl methyl sites for hydroxylation is 1. The van der Waals surface area contributed by atoms with Gasteiger partial charge in [0.05, 0.1) is 11.4 Å². The maximum Gasteiger partial charge on any atom is 0.280 e. The summed E-state index contributed by atoms with van der Waals surface area (Å²) in [6.45, 7) is 3.91. The van der Waals surface area contributed by atoms with Gasteiger partial charge in [0.25, 0.3) is 5.91 Å². The van der Waals surface area contributed by atoms with Crippen LogP contribution in [0.15, 0.2) is 29.2 Å². The normalized spacial score (nSPS) is 16.0. The van der Waals surface area contributed by atoms with E-state index in [0.29, 0.717) is 5.69 Å². The van der Waals surface area contributed by atoms with Crippen LogP contribution in [-0.2, 0) is 6.42 Å². The molecule has 1 aliphatic rings. The number of nitrogens with one attached hydrogen (secondary N) is 1. The Kier molecular flexibility index (Phi) is 3.10. The Hall–Kier alpha value is -2.47. The van der Waals surface area contributed by atoms with Crippen LogP contribution in [-0.4, -0.2) is 20.7 Å². The van der Waals surface area contributed by atoms with Crippen LogP contribution in [0, 0.1) is 6.92 Å². The molecule has 3 heterocycles. The summed E-state index contributed by atoms with van der Waals surface area (Å²) >= 11 is 0. The lowest BCUT2D eigenvalue weighted by atomic mass is 9.96. The van der Waals surface area contributed by atoms with Crippen LogP contribution in [0.25, 0.3) is 11.4 Å². The number of rotatable bonds is 1. The predicted octanol–water partition coefficient (Wildman–Crippen LogP) is 1.45. The van der Waals surface area contributed by atoms with E-state index in [1.165, 1.54) is 17.7 Å². The number of fused-ring (bicyclic) bond motifs is 3. The molecular formula is C15H15N3O3. The van der Waals surface area contributed by atoms with Crippen LogP contribution >= 0.6 is 0 Å². The fraction of sp³-hybridized carbons (Fsp3) is 0.267. The van der Waals surface area contributed by atoms with Crippen LogP contribution in [0.1, 0.15) is 34.6 Å². The number of carbonyl (C=O) groups is 1. The van der Waals surface area contributed by atoms with Gasteiger partial charge in [-0.3, -0.25) is 19.8 Å². The van der Waals surface area contributed by atoms with E-state index < -0.39 is 11.3 Å². The van der Waals surface area contributed by atoms with Crippen molar-refractivity contribution in [2.45, 2.75) is 26.3 Å². The van der Waals surface area contributed by atoms with Crippen LogP contribution in [0.3, 0.4) is 0 Å². The molecule has 6 nitrogen and oxygen atoms in total. The van der Waals surface area contributed by atoms with Crippen molar-refractivity contribution in [2.24, 2.45) is 0 Å². The molecule has 1 aliphatic heterocycles. The molecule has 3 rings (SSSR count). The highest BCUT2D eigenvalue weighted by Crippen LogP contribution is 2.32. The third-order valence-electron chi connectivity index (χ3n) is 3.78. The quantitative estimate of drug-likeness (QED) is 0.613. The molecule has 21 heavy (non-hydrogen) atoms. The minimum absolute atomic E-state index is 0.0794. The van der Waals surface area contributed by atoms with Crippen molar-refractivity contribution in [1.82, 2.24) is 15.0 Å².